The number of halogens is 3. The largest absolute Gasteiger partial charge is 0.324 e. The van der Waals surface area contributed by atoms with Crippen LogP contribution < -0.4 is 5.73 Å². The van der Waals surface area contributed by atoms with Gasteiger partial charge in [-0.15, -0.1) is 12.4 Å². The molecule has 1 aromatic rings. The summed E-state index contributed by atoms with van der Waals surface area (Å²) in [4.78, 5) is 0. The van der Waals surface area contributed by atoms with Gasteiger partial charge in [-0.3, -0.25) is 0 Å². The Morgan fingerprint density at radius 1 is 1.33 bits per heavy atom. The van der Waals surface area contributed by atoms with Gasteiger partial charge in [-0.25, -0.2) is 8.78 Å². The lowest BCUT2D eigenvalue weighted by molar-refractivity contribution is 0.533. The summed E-state index contributed by atoms with van der Waals surface area (Å²) in [6, 6.07) is 3.21. The van der Waals surface area contributed by atoms with Crippen LogP contribution >= 0.6 is 12.4 Å². The Balaban J connectivity index is 0.00000196. The van der Waals surface area contributed by atoms with Gasteiger partial charge in [0.05, 0.1) is 0 Å². The van der Waals surface area contributed by atoms with Crippen molar-refractivity contribution >= 4 is 12.4 Å². The fourth-order valence-electron chi connectivity index (χ4n) is 1.38. The van der Waals surface area contributed by atoms with Crippen molar-refractivity contribution in [2.24, 2.45) is 5.73 Å². The van der Waals surface area contributed by atoms with Crippen LogP contribution in [-0.2, 0) is 0 Å². The molecule has 0 fully saturated rings. The third-order valence-corrected chi connectivity index (χ3v) is 2.23. The lowest BCUT2D eigenvalue weighted by Gasteiger charge is -2.12. The Morgan fingerprint density at radius 3 is 2.53 bits per heavy atom. The highest BCUT2D eigenvalue weighted by molar-refractivity contribution is 5.85. The van der Waals surface area contributed by atoms with Gasteiger partial charge in [0.2, 0.25) is 0 Å². The van der Waals surface area contributed by atoms with Crippen LogP contribution in [0.3, 0.4) is 0 Å². The van der Waals surface area contributed by atoms with Crippen molar-refractivity contribution in [3.63, 3.8) is 0 Å². The Labute approximate surface area is 95.1 Å². The van der Waals surface area contributed by atoms with Gasteiger partial charge >= 0.3 is 0 Å². The fourth-order valence-corrected chi connectivity index (χ4v) is 1.38. The quantitative estimate of drug-likeness (QED) is 0.848. The van der Waals surface area contributed by atoms with Crippen LogP contribution in [0.15, 0.2) is 18.2 Å². The monoisotopic (exact) mass is 235 g/mol. The molecule has 0 aromatic heterocycles. The van der Waals surface area contributed by atoms with Crippen LogP contribution in [0.25, 0.3) is 0 Å². The van der Waals surface area contributed by atoms with Gasteiger partial charge in [0.25, 0.3) is 0 Å². The smallest absolute Gasteiger partial charge is 0.130 e. The molecule has 1 rings (SSSR count). The van der Waals surface area contributed by atoms with Crippen molar-refractivity contribution in [2.75, 3.05) is 0 Å². The molecule has 1 aromatic carbocycles. The average molecular weight is 236 g/mol. The highest BCUT2D eigenvalue weighted by Crippen LogP contribution is 2.20. The lowest BCUT2D eigenvalue weighted by Crippen LogP contribution is -2.12. The Kier molecular flexibility index (Phi) is 6.45. The molecule has 0 saturated heterocycles. The standard InChI is InChI=1S/C11H15F2N.ClH/c1-2-3-4-11(14)9-6-5-8(12)7-10(9)13;/h5-7,11H,2-4,14H2,1H3;1H/t11-;/m1./s1. The zero-order chi connectivity index (χ0) is 10.6. The highest BCUT2D eigenvalue weighted by atomic mass is 35.5. The van der Waals surface area contributed by atoms with Gasteiger partial charge in [-0.1, -0.05) is 25.8 Å². The number of rotatable bonds is 4. The van der Waals surface area contributed by atoms with E-state index in [1.54, 1.807) is 0 Å². The van der Waals surface area contributed by atoms with Crippen LogP contribution in [0.4, 0.5) is 8.78 Å². The molecular weight excluding hydrogens is 220 g/mol. The number of benzene rings is 1. The average Bonchev–Trinajstić information content (AvgIpc) is 2.14. The van der Waals surface area contributed by atoms with Crippen LogP contribution in [0.1, 0.15) is 37.8 Å². The maximum atomic E-state index is 13.2. The maximum absolute atomic E-state index is 13.2. The number of hydrogen-bond donors (Lipinski definition) is 1. The molecule has 0 unspecified atom stereocenters. The summed E-state index contributed by atoms with van der Waals surface area (Å²) >= 11 is 0. The van der Waals surface area contributed by atoms with Crippen molar-refractivity contribution in [3.05, 3.63) is 35.4 Å². The van der Waals surface area contributed by atoms with E-state index in [0.29, 0.717) is 5.56 Å². The molecule has 0 radical (unpaired) electrons. The lowest BCUT2D eigenvalue weighted by atomic mass is 10.0. The molecule has 0 aliphatic carbocycles. The van der Waals surface area contributed by atoms with Crippen molar-refractivity contribution < 1.29 is 8.78 Å². The van der Waals surface area contributed by atoms with Crippen LogP contribution in [0.5, 0.6) is 0 Å². The normalized spacial score (nSPS) is 12.0. The molecule has 1 atom stereocenters. The molecule has 1 nitrogen and oxygen atoms in total. The molecule has 15 heavy (non-hydrogen) atoms. The summed E-state index contributed by atoms with van der Waals surface area (Å²) in [6.07, 6.45) is 2.72. The van der Waals surface area contributed by atoms with Crippen molar-refractivity contribution in [1.29, 1.82) is 0 Å². The summed E-state index contributed by atoms with van der Waals surface area (Å²) in [5.41, 5.74) is 6.17. The van der Waals surface area contributed by atoms with E-state index in [2.05, 4.69) is 0 Å². The van der Waals surface area contributed by atoms with Gasteiger partial charge in [0.1, 0.15) is 11.6 Å². The Morgan fingerprint density at radius 2 is 2.00 bits per heavy atom. The molecule has 86 valence electrons. The van der Waals surface area contributed by atoms with Crippen LogP contribution in [0, 0.1) is 11.6 Å². The van der Waals surface area contributed by atoms with Crippen molar-refractivity contribution in [2.45, 2.75) is 32.2 Å². The zero-order valence-electron chi connectivity index (χ0n) is 8.67. The van der Waals surface area contributed by atoms with E-state index >= 15 is 0 Å². The molecule has 0 bridgehead atoms. The van der Waals surface area contributed by atoms with E-state index in [1.165, 1.54) is 12.1 Å². The van der Waals surface area contributed by atoms with E-state index in [-0.39, 0.29) is 18.4 Å². The molecule has 0 amide bonds. The third kappa shape index (κ3) is 4.14. The molecular formula is C11H16ClF2N. The van der Waals surface area contributed by atoms with E-state index < -0.39 is 11.6 Å². The molecule has 0 spiro atoms. The second-order valence-electron chi connectivity index (χ2n) is 3.41. The molecule has 0 aliphatic heterocycles. The van der Waals surface area contributed by atoms with E-state index in [4.69, 9.17) is 5.73 Å². The fraction of sp³-hybridized carbons (Fsp3) is 0.455. The minimum atomic E-state index is -0.561. The highest BCUT2D eigenvalue weighted by Gasteiger charge is 2.11. The van der Waals surface area contributed by atoms with Crippen molar-refractivity contribution in [3.8, 4) is 0 Å². The minimum absolute atomic E-state index is 0. The summed E-state index contributed by atoms with van der Waals surface area (Å²) in [7, 11) is 0. The first kappa shape index (κ1) is 14.3. The maximum Gasteiger partial charge on any atom is 0.130 e. The minimum Gasteiger partial charge on any atom is -0.324 e. The van der Waals surface area contributed by atoms with Crippen molar-refractivity contribution in [1.82, 2.24) is 0 Å². The SMILES string of the molecule is CCCC[C@@H](N)c1ccc(F)cc1F.Cl. The zero-order valence-corrected chi connectivity index (χ0v) is 9.49. The molecule has 0 heterocycles. The van der Waals surface area contributed by atoms with Gasteiger partial charge in [-0.05, 0) is 12.5 Å². The van der Waals surface area contributed by atoms with Gasteiger partial charge in [0, 0.05) is 17.7 Å². The number of hydrogen-bond acceptors (Lipinski definition) is 1. The summed E-state index contributed by atoms with van der Waals surface area (Å²) in [5, 5.41) is 0. The Bertz CT molecular complexity index is 305. The predicted octanol–water partition coefficient (Wildman–Crippen LogP) is 3.58. The van der Waals surface area contributed by atoms with Crippen LogP contribution in [-0.4, -0.2) is 0 Å². The number of nitrogens with two attached hydrogens (primary N) is 1. The summed E-state index contributed by atoms with van der Waals surface area (Å²) < 4.78 is 25.8. The van der Waals surface area contributed by atoms with E-state index in [0.717, 1.165) is 25.3 Å². The first-order chi connectivity index (χ1) is 6.65. The molecule has 2 N–H and O–H groups in total. The van der Waals surface area contributed by atoms with Gasteiger partial charge in [-0.2, -0.15) is 0 Å². The predicted molar refractivity (Wildman–Crippen MR) is 60.1 cm³/mol. The second-order valence-corrected chi connectivity index (χ2v) is 3.41. The molecule has 0 aliphatic rings. The Hall–Kier alpha value is -0.670. The first-order valence-corrected chi connectivity index (χ1v) is 4.85. The topological polar surface area (TPSA) is 26.0 Å². The molecule has 4 heteroatoms. The van der Waals surface area contributed by atoms with Gasteiger partial charge in [0.15, 0.2) is 0 Å². The summed E-state index contributed by atoms with van der Waals surface area (Å²) in [6.45, 7) is 2.05. The van der Waals surface area contributed by atoms with E-state index in [1.807, 2.05) is 6.92 Å². The third-order valence-electron chi connectivity index (χ3n) is 2.23. The first-order valence-electron chi connectivity index (χ1n) is 4.85. The van der Waals surface area contributed by atoms with E-state index in [9.17, 15) is 8.78 Å². The summed E-state index contributed by atoms with van der Waals surface area (Å²) in [5.74, 6) is -1.11. The molecule has 0 saturated carbocycles. The number of unbranched alkanes of at least 4 members (excludes halogenated alkanes) is 1. The van der Waals surface area contributed by atoms with Crippen LogP contribution in [0.2, 0.25) is 0 Å². The second kappa shape index (κ2) is 6.75. The van der Waals surface area contributed by atoms with Gasteiger partial charge < -0.3 is 5.73 Å².